The Morgan fingerprint density at radius 3 is 2.45 bits per heavy atom. The highest BCUT2D eigenvalue weighted by Gasteiger charge is 2.26. The molecule has 0 saturated carbocycles. The van der Waals surface area contributed by atoms with E-state index >= 15 is 0 Å². The second-order valence-corrected chi connectivity index (χ2v) is 7.80. The van der Waals surface area contributed by atoms with E-state index in [2.05, 4.69) is 5.32 Å². The summed E-state index contributed by atoms with van der Waals surface area (Å²) in [5.74, 6) is -2.82. The molecule has 0 saturated heterocycles. The predicted molar refractivity (Wildman–Crippen MR) is 113 cm³/mol. The van der Waals surface area contributed by atoms with E-state index in [1.807, 2.05) is 45.0 Å². The number of carbonyl (C=O) groups is 1. The summed E-state index contributed by atoms with van der Waals surface area (Å²) in [6.45, 7) is 9.13. The van der Waals surface area contributed by atoms with E-state index in [1.165, 1.54) is 6.07 Å². The molecule has 2 aromatic carbocycles. The zero-order chi connectivity index (χ0) is 21.3. The molecule has 5 heteroatoms. The maximum absolute atomic E-state index is 13.8. The molecule has 29 heavy (non-hydrogen) atoms. The minimum absolute atomic E-state index is 0.0337. The number of nitrogens with one attached hydrogen (secondary N) is 1. The van der Waals surface area contributed by atoms with Gasteiger partial charge in [-0.05, 0) is 54.7 Å². The molecule has 2 aromatic rings. The van der Waals surface area contributed by atoms with Crippen molar-refractivity contribution in [3.05, 3.63) is 75.9 Å². The van der Waals surface area contributed by atoms with Crippen molar-refractivity contribution in [1.29, 1.82) is 0 Å². The minimum Gasteiger partial charge on any atom is -0.348 e. The molecule has 3 nitrogen and oxygen atoms in total. The van der Waals surface area contributed by atoms with Gasteiger partial charge in [0.2, 0.25) is 0 Å². The number of rotatable bonds is 5. The van der Waals surface area contributed by atoms with Crippen LogP contribution >= 0.6 is 0 Å². The first-order valence-electron chi connectivity index (χ1n) is 9.77. The lowest BCUT2D eigenvalue weighted by Crippen LogP contribution is -2.13. The third-order valence-corrected chi connectivity index (χ3v) is 5.14. The molecule has 0 aromatic heterocycles. The van der Waals surface area contributed by atoms with Crippen molar-refractivity contribution < 1.29 is 13.6 Å². The molecule has 0 fully saturated rings. The Hall–Kier alpha value is -2.82. The van der Waals surface area contributed by atoms with Crippen molar-refractivity contribution in [3.8, 4) is 0 Å². The first-order chi connectivity index (χ1) is 13.6. The van der Waals surface area contributed by atoms with Crippen molar-refractivity contribution in [1.82, 2.24) is 5.32 Å². The number of alkyl halides is 2. The van der Waals surface area contributed by atoms with Crippen LogP contribution in [0.4, 0.5) is 8.78 Å². The van der Waals surface area contributed by atoms with E-state index in [4.69, 9.17) is 4.99 Å². The number of halogens is 2. The predicted octanol–water partition coefficient (Wildman–Crippen LogP) is 5.86. The Balaban J connectivity index is 2.02. The molecule has 0 aliphatic carbocycles. The number of carbonyl (C=O) groups excluding carboxylic acids is 1. The molecular formula is C24H26F2N2O. The smallest absolute Gasteiger partial charge is 0.270 e. The Morgan fingerprint density at radius 2 is 1.86 bits per heavy atom. The number of hydrogen-bond donors (Lipinski definition) is 1. The fourth-order valence-electron chi connectivity index (χ4n) is 3.66. The summed E-state index contributed by atoms with van der Waals surface area (Å²) >= 11 is 0. The summed E-state index contributed by atoms with van der Waals surface area (Å²) in [7, 11) is 0. The lowest BCUT2D eigenvalue weighted by atomic mass is 9.94. The number of aryl methyl sites for hydroxylation is 1. The molecule has 1 N–H and O–H groups in total. The minimum atomic E-state index is -2.87. The van der Waals surface area contributed by atoms with E-state index in [-0.39, 0.29) is 17.4 Å². The molecule has 1 aliphatic rings. The number of allylic oxidation sites excluding steroid dienone is 1. The lowest BCUT2D eigenvalue weighted by Gasteiger charge is -2.17. The number of amides is 1. The Morgan fingerprint density at radius 1 is 1.17 bits per heavy atom. The van der Waals surface area contributed by atoms with Gasteiger partial charge in [0.15, 0.2) is 0 Å². The highest BCUT2D eigenvalue weighted by molar-refractivity contribution is 6.05. The van der Waals surface area contributed by atoms with Crippen molar-refractivity contribution >= 4 is 17.3 Å². The number of aliphatic imine (C=N–C) groups is 1. The molecule has 0 unspecified atom stereocenters. The molecule has 0 radical (unpaired) electrons. The molecule has 152 valence electrons. The third-order valence-electron chi connectivity index (χ3n) is 5.14. The summed E-state index contributed by atoms with van der Waals surface area (Å²) in [5, 5.41) is 2.82. The zero-order valence-electron chi connectivity index (χ0n) is 17.4. The average molecular weight is 396 g/mol. The normalized spacial score (nSPS) is 15.0. The van der Waals surface area contributed by atoms with E-state index in [1.54, 1.807) is 19.1 Å². The van der Waals surface area contributed by atoms with Crippen molar-refractivity contribution in [2.45, 2.75) is 47.1 Å². The van der Waals surface area contributed by atoms with Gasteiger partial charge in [-0.15, -0.1) is 0 Å². The Labute approximate surface area is 170 Å². The number of benzene rings is 2. The van der Waals surface area contributed by atoms with Gasteiger partial charge in [-0.2, -0.15) is 0 Å². The molecule has 3 rings (SSSR count). The molecule has 0 atom stereocenters. The number of hydrogen-bond acceptors (Lipinski definition) is 2. The number of fused-ring (bicyclic) bond motifs is 1. The van der Waals surface area contributed by atoms with Crippen LogP contribution in [-0.2, 0) is 12.5 Å². The monoisotopic (exact) mass is 396 g/mol. The van der Waals surface area contributed by atoms with E-state index < -0.39 is 5.92 Å². The molecule has 1 heterocycles. The van der Waals surface area contributed by atoms with Crippen LogP contribution in [0.3, 0.4) is 0 Å². The van der Waals surface area contributed by atoms with Crippen LogP contribution in [0.5, 0.6) is 0 Å². The van der Waals surface area contributed by atoms with Crippen LogP contribution in [-0.4, -0.2) is 11.6 Å². The summed E-state index contributed by atoms with van der Waals surface area (Å²) in [4.78, 5) is 16.7. The molecule has 1 amide bonds. The van der Waals surface area contributed by atoms with Crippen LogP contribution in [0, 0.1) is 12.8 Å². The van der Waals surface area contributed by atoms with Crippen molar-refractivity contribution in [3.63, 3.8) is 0 Å². The van der Waals surface area contributed by atoms with Crippen molar-refractivity contribution in [2.75, 3.05) is 0 Å². The van der Waals surface area contributed by atoms with Crippen LogP contribution in [0.1, 0.15) is 65.9 Å². The maximum Gasteiger partial charge on any atom is 0.270 e. The van der Waals surface area contributed by atoms with Crippen LogP contribution in [0.15, 0.2) is 47.5 Å². The van der Waals surface area contributed by atoms with E-state index in [9.17, 15) is 13.6 Å². The highest BCUT2D eigenvalue weighted by Crippen LogP contribution is 2.31. The third kappa shape index (κ3) is 4.29. The molecule has 0 spiro atoms. The van der Waals surface area contributed by atoms with Gasteiger partial charge in [0.05, 0.1) is 11.4 Å². The average Bonchev–Trinajstić information content (AvgIpc) is 3.01. The quantitative estimate of drug-likeness (QED) is 0.632. The highest BCUT2D eigenvalue weighted by atomic mass is 19.3. The van der Waals surface area contributed by atoms with Gasteiger partial charge in [-0.3, -0.25) is 9.79 Å². The van der Waals surface area contributed by atoms with Gasteiger partial charge in [0.1, 0.15) is 0 Å². The SMILES string of the molecule is C/C=C(\N=C(c1ccc(C(C)(F)F)c(C)c1)C(C)C)c1ccc2c(c1)CNC2=O. The van der Waals surface area contributed by atoms with E-state index in [0.717, 1.165) is 35.0 Å². The van der Waals surface area contributed by atoms with Gasteiger partial charge in [0.25, 0.3) is 11.8 Å². The largest absolute Gasteiger partial charge is 0.348 e. The second kappa shape index (κ2) is 7.90. The summed E-state index contributed by atoms with van der Waals surface area (Å²) < 4.78 is 27.5. The molecular weight excluding hydrogens is 370 g/mol. The summed E-state index contributed by atoms with van der Waals surface area (Å²) in [6.07, 6.45) is 1.93. The first-order valence-corrected chi connectivity index (χ1v) is 9.77. The van der Waals surface area contributed by atoms with Gasteiger partial charge in [-0.1, -0.05) is 38.1 Å². The maximum atomic E-state index is 13.8. The zero-order valence-corrected chi connectivity index (χ0v) is 17.4. The fraction of sp³-hybridized carbons (Fsp3) is 0.333. The van der Waals surface area contributed by atoms with E-state index in [0.29, 0.717) is 17.7 Å². The first kappa shape index (κ1) is 20.9. The van der Waals surface area contributed by atoms with Gasteiger partial charge < -0.3 is 5.32 Å². The standard InChI is InChI=1S/C24H26F2N2O/c1-6-21(16-7-9-19-18(12-16)13-27-23(19)29)28-22(14(2)3)17-8-10-20(15(4)11-17)24(5,25)26/h6-12,14H,13H2,1-5H3,(H,27,29)/b21-6-,28-22?. The summed E-state index contributed by atoms with van der Waals surface area (Å²) in [6, 6.07) is 10.7. The van der Waals surface area contributed by atoms with Gasteiger partial charge >= 0.3 is 0 Å². The lowest BCUT2D eigenvalue weighted by molar-refractivity contribution is 0.0168. The van der Waals surface area contributed by atoms with Crippen LogP contribution in [0.25, 0.3) is 5.70 Å². The summed E-state index contributed by atoms with van der Waals surface area (Å²) in [5.41, 5.74) is 5.62. The van der Waals surface area contributed by atoms with Gasteiger partial charge in [-0.25, -0.2) is 8.78 Å². The fourth-order valence-corrected chi connectivity index (χ4v) is 3.66. The molecule has 1 aliphatic heterocycles. The molecule has 0 bridgehead atoms. The van der Waals surface area contributed by atoms with Crippen LogP contribution in [0.2, 0.25) is 0 Å². The number of nitrogens with zero attached hydrogens (tertiary/aromatic N) is 1. The van der Waals surface area contributed by atoms with Crippen molar-refractivity contribution in [2.24, 2.45) is 10.9 Å². The van der Waals surface area contributed by atoms with Gasteiger partial charge in [0, 0.05) is 30.2 Å². The Bertz CT molecular complexity index is 1010. The Kier molecular flexibility index (Phi) is 5.69. The second-order valence-electron chi connectivity index (χ2n) is 7.80. The topological polar surface area (TPSA) is 41.5 Å². The van der Waals surface area contributed by atoms with Crippen LogP contribution < -0.4 is 5.32 Å².